The summed E-state index contributed by atoms with van der Waals surface area (Å²) in [6, 6.07) is 46.8. The molecule has 0 amide bonds. The molecule has 1 aliphatic carbocycles. The van der Waals surface area contributed by atoms with E-state index in [2.05, 4.69) is 317 Å². The van der Waals surface area contributed by atoms with Gasteiger partial charge in [-0.2, -0.15) is 0 Å². The van der Waals surface area contributed by atoms with E-state index in [4.69, 9.17) is 0 Å². The summed E-state index contributed by atoms with van der Waals surface area (Å²) < 4.78 is 0. The minimum Gasteiger partial charge on any atom is -0.0601 e. The number of fused-ring (bicyclic) bond motifs is 12. The number of rotatable bonds is 12. The van der Waals surface area contributed by atoms with E-state index >= 15 is 0 Å². The van der Waals surface area contributed by atoms with Crippen molar-refractivity contribution in [2.24, 2.45) is 32.5 Å². The zero-order chi connectivity index (χ0) is 67.6. The largest absolute Gasteiger partial charge is 0.0601 e. The quantitative estimate of drug-likeness (QED) is 0.114. The number of hydrogen-bond acceptors (Lipinski definition) is 0. The predicted molar refractivity (Wildman–Crippen MR) is 398 cm³/mol. The molecule has 0 saturated heterocycles. The molecule has 0 saturated carbocycles. The fraction of sp³-hybridized carbons (Fsp3) is 0.600. The fourth-order valence-electron chi connectivity index (χ4n) is 18.1. The third-order valence-electron chi connectivity index (χ3n) is 19.3. The Hall–Kier alpha value is -4.68. The second-order valence-corrected chi connectivity index (χ2v) is 41.0. The topological polar surface area (TPSA) is 0 Å². The minimum absolute atomic E-state index is 0.0213. The van der Waals surface area contributed by atoms with Gasteiger partial charge in [0.1, 0.15) is 0 Å². The van der Waals surface area contributed by atoms with Crippen LogP contribution in [0.2, 0.25) is 0 Å². The molecule has 6 aromatic carbocycles. The standard InChI is InChI=1S/C90H132/c1-79(2,3)55-85(19,20)73-43-61-31-62(44-73)38-64-33-66(48-75(46-64)87(23,24)57-81(7,8)9)40-68-35-70(52-77(50-68)89(27,28)59-83(13,14)15)42-72-36-71(53-78(54-72)90(29,30)60-84(16,17)18)41-69-34-67(49-76(51-69)88(25,26)58-82(10,11)12)39-65-32-63(37-61)45-74(47-65)86(21,22)56-80(4,5)6/h31-36,43-54H,37-42,55-60H2,1-30H3. The summed E-state index contributed by atoms with van der Waals surface area (Å²) in [7, 11) is 0. The first-order valence-corrected chi connectivity index (χ1v) is 35.4. The van der Waals surface area contributed by atoms with Crippen molar-refractivity contribution < 1.29 is 0 Å². The van der Waals surface area contributed by atoms with Crippen LogP contribution in [0, 0.1) is 32.5 Å². The highest BCUT2D eigenvalue weighted by atomic mass is 14.4. The summed E-state index contributed by atoms with van der Waals surface area (Å²) in [4.78, 5) is 0. The van der Waals surface area contributed by atoms with Crippen LogP contribution in [0.15, 0.2) is 109 Å². The average Bonchev–Trinajstić information content (AvgIpc) is 0.827. The second-order valence-electron chi connectivity index (χ2n) is 41.0. The molecular formula is C90H132. The molecule has 0 heteroatoms. The fourth-order valence-corrected chi connectivity index (χ4v) is 18.1. The van der Waals surface area contributed by atoms with E-state index < -0.39 is 0 Å². The molecule has 0 fully saturated rings. The Bertz CT molecular complexity index is 2740. The van der Waals surface area contributed by atoms with Crippen LogP contribution in [0.4, 0.5) is 0 Å². The van der Waals surface area contributed by atoms with Crippen LogP contribution >= 0.6 is 0 Å². The third kappa shape index (κ3) is 21.2. The molecule has 0 N–H and O–H groups in total. The molecule has 12 bridgehead atoms. The lowest BCUT2D eigenvalue weighted by atomic mass is 9.70. The first-order chi connectivity index (χ1) is 40.6. The molecule has 0 aromatic heterocycles. The molecule has 90 heavy (non-hydrogen) atoms. The van der Waals surface area contributed by atoms with Gasteiger partial charge < -0.3 is 0 Å². The van der Waals surface area contributed by atoms with Gasteiger partial charge in [-0.1, -0.05) is 317 Å². The van der Waals surface area contributed by atoms with Crippen molar-refractivity contribution in [2.75, 3.05) is 0 Å². The molecule has 0 spiro atoms. The zero-order valence-corrected chi connectivity index (χ0v) is 63.9. The van der Waals surface area contributed by atoms with E-state index in [-0.39, 0.29) is 65.0 Å². The van der Waals surface area contributed by atoms with Crippen molar-refractivity contribution in [3.05, 3.63) is 209 Å². The van der Waals surface area contributed by atoms with E-state index in [1.54, 1.807) is 0 Å². The first-order valence-electron chi connectivity index (χ1n) is 35.4. The average molecular weight is 1210 g/mol. The van der Waals surface area contributed by atoms with Crippen LogP contribution < -0.4 is 0 Å². The van der Waals surface area contributed by atoms with Crippen LogP contribution in [0.1, 0.15) is 346 Å². The second kappa shape index (κ2) is 25.6. The Morgan fingerprint density at radius 3 is 0.322 bits per heavy atom. The lowest BCUT2D eigenvalue weighted by Gasteiger charge is -2.34. The van der Waals surface area contributed by atoms with Crippen LogP contribution in [0.25, 0.3) is 0 Å². The zero-order valence-electron chi connectivity index (χ0n) is 63.9. The van der Waals surface area contributed by atoms with E-state index in [1.165, 1.54) is 100 Å². The molecule has 492 valence electrons. The van der Waals surface area contributed by atoms with Gasteiger partial charge in [0.05, 0.1) is 0 Å². The Labute approximate surface area is 555 Å². The van der Waals surface area contributed by atoms with Gasteiger partial charge in [-0.05, 0) is 242 Å². The van der Waals surface area contributed by atoms with Gasteiger partial charge in [0.2, 0.25) is 0 Å². The maximum absolute atomic E-state index is 2.60. The van der Waals surface area contributed by atoms with Gasteiger partial charge >= 0.3 is 0 Å². The molecule has 7 rings (SSSR count). The number of benzene rings is 6. The minimum atomic E-state index is -0.0213. The van der Waals surface area contributed by atoms with Crippen LogP contribution in [0.5, 0.6) is 0 Å². The molecular weight excluding hydrogens is 1080 g/mol. The highest BCUT2D eigenvalue weighted by Gasteiger charge is 2.35. The molecule has 1 aliphatic rings. The number of hydrogen-bond donors (Lipinski definition) is 0. The molecule has 0 aliphatic heterocycles. The van der Waals surface area contributed by atoms with E-state index in [9.17, 15) is 0 Å². The maximum Gasteiger partial charge on any atom is -0.00254 e. The molecule has 0 heterocycles. The Morgan fingerprint density at radius 2 is 0.244 bits per heavy atom. The smallest absolute Gasteiger partial charge is 0.00254 e. The monoisotopic (exact) mass is 1210 g/mol. The third-order valence-corrected chi connectivity index (χ3v) is 19.3. The molecule has 6 aromatic rings. The summed E-state index contributed by atoms with van der Waals surface area (Å²) in [5.74, 6) is 0. The van der Waals surface area contributed by atoms with Crippen LogP contribution in [-0.4, -0.2) is 0 Å². The SMILES string of the molecule is CC(C)(C)CC(C)(C)c1cc2cc(c1)Cc1cc(cc(C(C)(C)CC(C)(C)C)c1)Cc1cc(cc(C(C)(C)CC(C)(C)C)c1)Cc1cc(cc(C(C)(C)CC(C)(C)C)c1)Cc1cc(cc(C(C)(C)CC(C)(C)C)c1)Cc1cc(cc(C(C)(C)CC(C)(C)C)c1)C2. The lowest BCUT2D eigenvalue weighted by molar-refractivity contribution is 0.283. The van der Waals surface area contributed by atoms with Crippen molar-refractivity contribution >= 4 is 0 Å². The highest BCUT2D eigenvalue weighted by Crippen LogP contribution is 2.45. The first kappa shape index (κ1) is 72.7. The Balaban J connectivity index is 1.58. The molecule has 0 unspecified atom stereocenters. The van der Waals surface area contributed by atoms with E-state index in [1.807, 2.05) is 0 Å². The maximum atomic E-state index is 2.60. The molecule has 0 radical (unpaired) electrons. The summed E-state index contributed by atoms with van der Waals surface area (Å²) in [5.41, 5.74) is 26.7. The van der Waals surface area contributed by atoms with Crippen molar-refractivity contribution in [3.8, 4) is 0 Å². The summed E-state index contributed by atoms with van der Waals surface area (Å²) in [6.07, 6.45) is 12.0. The van der Waals surface area contributed by atoms with Gasteiger partial charge in [0.25, 0.3) is 0 Å². The summed E-state index contributed by atoms with van der Waals surface area (Å²) >= 11 is 0. The van der Waals surface area contributed by atoms with Gasteiger partial charge in [-0.25, -0.2) is 0 Å². The van der Waals surface area contributed by atoms with Gasteiger partial charge in [-0.15, -0.1) is 0 Å². The molecule has 0 nitrogen and oxygen atoms in total. The van der Waals surface area contributed by atoms with Crippen molar-refractivity contribution in [2.45, 2.75) is 317 Å². The van der Waals surface area contributed by atoms with E-state index in [0.29, 0.717) is 0 Å². The van der Waals surface area contributed by atoms with Gasteiger partial charge in [0, 0.05) is 0 Å². The Morgan fingerprint density at radius 1 is 0.156 bits per heavy atom. The van der Waals surface area contributed by atoms with Gasteiger partial charge in [0.15, 0.2) is 0 Å². The molecule has 0 atom stereocenters. The summed E-state index contributed by atoms with van der Waals surface area (Å²) in [5, 5.41) is 0. The van der Waals surface area contributed by atoms with Gasteiger partial charge in [-0.3, -0.25) is 0 Å². The van der Waals surface area contributed by atoms with Crippen molar-refractivity contribution in [1.82, 2.24) is 0 Å². The van der Waals surface area contributed by atoms with Crippen molar-refractivity contribution in [3.63, 3.8) is 0 Å². The normalized spacial score (nSPS) is 15.0. The Kier molecular flexibility index (Phi) is 20.7. The predicted octanol–water partition coefficient (Wildman–Crippen LogP) is 25.8. The van der Waals surface area contributed by atoms with E-state index in [0.717, 1.165) is 77.0 Å². The van der Waals surface area contributed by atoms with Crippen molar-refractivity contribution in [1.29, 1.82) is 0 Å². The van der Waals surface area contributed by atoms with Crippen LogP contribution in [0.3, 0.4) is 0 Å². The summed E-state index contributed by atoms with van der Waals surface area (Å²) in [6.45, 7) is 73.5. The lowest BCUT2D eigenvalue weighted by Crippen LogP contribution is -2.26. The van der Waals surface area contributed by atoms with Crippen LogP contribution in [-0.2, 0) is 71.0 Å². The highest BCUT2D eigenvalue weighted by molar-refractivity contribution is 5.49.